The van der Waals surface area contributed by atoms with E-state index in [1.54, 1.807) is 0 Å². The van der Waals surface area contributed by atoms with Gasteiger partial charge in [0.15, 0.2) is 0 Å². The second-order valence-electron chi connectivity index (χ2n) is 5.85. The van der Waals surface area contributed by atoms with Gasteiger partial charge in [0.2, 0.25) is 5.91 Å². The van der Waals surface area contributed by atoms with Crippen molar-refractivity contribution in [3.8, 4) is 0 Å². The fourth-order valence-corrected chi connectivity index (χ4v) is 2.66. The largest absolute Gasteiger partial charge is 0.480 e. The number of amides is 1. The zero-order chi connectivity index (χ0) is 17.6. The van der Waals surface area contributed by atoms with Gasteiger partial charge in [-0.2, -0.15) is 0 Å². The van der Waals surface area contributed by atoms with Crippen LogP contribution in [-0.4, -0.2) is 33.0 Å². The summed E-state index contributed by atoms with van der Waals surface area (Å²) in [7, 11) is 0. The number of hydrogen-bond donors (Lipinski definition) is 3. The standard InChI is InChI=1S/C19H19N3O3/c23-18(11-10-13-6-2-1-3-7-13)22-16(19(24)25)12-17-20-14-8-4-5-9-15(14)21-17/h1-9,16H,10-12H2,(H,20,21)(H,22,23)(H,24,25)/t16-/m1/s1. The van der Waals surface area contributed by atoms with Crippen molar-refractivity contribution in [1.29, 1.82) is 0 Å². The summed E-state index contributed by atoms with van der Waals surface area (Å²) in [5.41, 5.74) is 2.66. The number of benzene rings is 2. The number of H-pyrrole nitrogens is 1. The van der Waals surface area contributed by atoms with E-state index in [9.17, 15) is 14.7 Å². The van der Waals surface area contributed by atoms with Crippen molar-refractivity contribution in [2.24, 2.45) is 0 Å². The average Bonchev–Trinajstić information content (AvgIpc) is 3.02. The molecule has 1 amide bonds. The number of imidazole rings is 1. The summed E-state index contributed by atoms with van der Waals surface area (Å²) in [4.78, 5) is 31.0. The molecule has 0 aliphatic carbocycles. The predicted molar refractivity (Wildman–Crippen MR) is 94.1 cm³/mol. The van der Waals surface area contributed by atoms with Gasteiger partial charge in [-0.3, -0.25) is 4.79 Å². The normalized spacial score (nSPS) is 12.0. The maximum Gasteiger partial charge on any atom is 0.326 e. The molecule has 0 aliphatic rings. The Balaban J connectivity index is 1.60. The Hall–Kier alpha value is -3.15. The molecule has 128 valence electrons. The van der Waals surface area contributed by atoms with Gasteiger partial charge in [0.1, 0.15) is 11.9 Å². The van der Waals surface area contributed by atoms with Crippen molar-refractivity contribution in [1.82, 2.24) is 15.3 Å². The first-order valence-electron chi connectivity index (χ1n) is 8.11. The van der Waals surface area contributed by atoms with E-state index in [2.05, 4.69) is 15.3 Å². The minimum absolute atomic E-state index is 0.112. The third-order valence-electron chi connectivity index (χ3n) is 3.95. The topological polar surface area (TPSA) is 95.1 Å². The van der Waals surface area contributed by atoms with E-state index < -0.39 is 12.0 Å². The number of carboxylic acids is 1. The molecule has 1 atom stereocenters. The van der Waals surface area contributed by atoms with Gasteiger partial charge in [-0.05, 0) is 24.1 Å². The molecule has 0 unspecified atom stereocenters. The second-order valence-corrected chi connectivity index (χ2v) is 5.85. The average molecular weight is 337 g/mol. The van der Waals surface area contributed by atoms with Crippen LogP contribution in [0, 0.1) is 0 Å². The number of carbonyl (C=O) groups excluding carboxylic acids is 1. The van der Waals surface area contributed by atoms with Crippen molar-refractivity contribution in [3.05, 3.63) is 66.0 Å². The van der Waals surface area contributed by atoms with Crippen LogP contribution in [0.25, 0.3) is 11.0 Å². The minimum Gasteiger partial charge on any atom is -0.480 e. The fraction of sp³-hybridized carbons (Fsp3) is 0.211. The highest BCUT2D eigenvalue weighted by atomic mass is 16.4. The molecule has 0 saturated carbocycles. The highest BCUT2D eigenvalue weighted by Gasteiger charge is 2.21. The van der Waals surface area contributed by atoms with Crippen molar-refractivity contribution >= 4 is 22.9 Å². The number of nitrogens with zero attached hydrogens (tertiary/aromatic N) is 1. The van der Waals surface area contributed by atoms with Crippen LogP contribution >= 0.6 is 0 Å². The predicted octanol–water partition coefficient (Wildman–Crippen LogP) is 2.31. The molecule has 0 radical (unpaired) electrons. The first-order chi connectivity index (χ1) is 12.1. The lowest BCUT2D eigenvalue weighted by Gasteiger charge is -2.13. The van der Waals surface area contributed by atoms with E-state index in [0.29, 0.717) is 12.2 Å². The number of rotatable bonds is 7. The highest BCUT2D eigenvalue weighted by Crippen LogP contribution is 2.12. The van der Waals surface area contributed by atoms with E-state index in [4.69, 9.17) is 0 Å². The summed E-state index contributed by atoms with van der Waals surface area (Å²) >= 11 is 0. The van der Waals surface area contributed by atoms with E-state index >= 15 is 0 Å². The van der Waals surface area contributed by atoms with Gasteiger partial charge in [-0.15, -0.1) is 0 Å². The summed E-state index contributed by atoms with van der Waals surface area (Å²) in [6.07, 6.45) is 0.929. The summed E-state index contributed by atoms with van der Waals surface area (Å²) in [5, 5.41) is 12.0. The fourth-order valence-electron chi connectivity index (χ4n) is 2.66. The van der Waals surface area contributed by atoms with Gasteiger partial charge in [0, 0.05) is 12.8 Å². The lowest BCUT2D eigenvalue weighted by atomic mass is 10.1. The molecular weight excluding hydrogens is 318 g/mol. The molecule has 2 aromatic carbocycles. The maximum atomic E-state index is 12.1. The molecule has 0 fully saturated rings. The zero-order valence-electron chi connectivity index (χ0n) is 13.6. The van der Waals surface area contributed by atoms with E-state index in [1.807, 2.05) is 54.6 Å². The molecule has 3 aromatic rings. The third-order valence-corrected chi connectivity index (χ3v) is 3.95. The van der Waals surface area contributed by atoms with Gasteiger partial charge < -0.3 is 15.4 Å². The lowest BCUT2D eigenvalue weighted by Crippen LogP contribution is -2.42. The zero-order valence-corrected chi connectivity index (χ0v) is 13.6. The smallest absolute Gasteiger partial charge is 0.326 e. The summed E-state index contributed by atoms with van der Waals surface area (Å²) < 4.78 is 0. The Bertz CT molecular complexity index is 841. The van der Waals surface area contributed by atoms with Crippen molar-refractivity contribution in [2.75, 3.05) is 0 Å². The van der Waals surface area contributed by atoms with E-state index in [-0.39, 0.29) is 18.7 Å². The molecule has 0 aliphatic heterocycles. The number of aromatic amines is 1. The summed E-state index contributed by atoms with van der Waals surface area (Å²) in [5.74, 6) is -0.821. The summed E-state index contributed by atoms with van der Waals surface area (Å²) in [6.45, 7) is 0. The maximum absolute atomic E-state index is 12.1. The van der Waals surface area contributed by atoms with E-state index in [1.165, 1.54) is 0 Å². The molecule has 0 spiro atoms. The third kappa shape index (κ3) is 4.44. The molecule has 0 bridgehead atoms. The minimum atomic E-state index is -1.08. The Labute approximate surface area is 144 Å². The van der Waals surface area contributed by atoms with Crippen LogP contribution in [0.1, 0.15) is 17.8 Å². The van der Waals surface area contributed by atoms with Gasteiger partial charge >= 0.3 is 5.97 Å². The first kappa shape index (κ1) is 16.7. The van der Waals surface area contributed by atoms with Crippen LogP contribution in [0.3, 0.4) is 0 Å². The number of carbonyl (C=O) groups is 2. The molecule has 6 nitrogen and oxygen atoms in total. The van der Waals surface area contributed by atoms with Gasteiger partial charge in [0.25, 0.3) is 0 Å². The van der Waals surface area contributed by atoms with Crippen LogP contribution in [0.15, 0.2) is 54.6 Å². The summed E-state index contributed by atoms with van der Waals surface area (Å²) in [6, 6.07) is 16.1. The van der Waals surface area contributed by atoms with Gasteiger partial charge in [-0.25, -0.2) is 9.78 Å². The Morgan fingerprint density at radius 3 is 2.52 bits per heavy atom. The SMILES string of the molecule is O=C(CCc1ccccc1)N[C@H](Cc1nc2ccccc2[nH]1)C(=O)O. The van der Waals surface area contributed by atoms with Crippen LogP contribution in [0.2, 0.25) is 0 Å². The van der Waals surface area contributed by atoms with Crippen molar-refractivity contribution in [2.45, 2.75) is 25.3 Å². The van der Waals surface area contributed by atoms with Gasteiger partial charge in [-0.1, -0.05) is 42.5 Å². The second kappa shape index (κ2) is 7.61. The molecule has 25 heavy (non-hydrogen) atoms. The van der Waals surface area contributed by atoms with Crippen molar-refractivity contribution in [3.63, 3.8) is 0 Å². The lowest BCUT2D eigenvalue weighted by molar-refractivity contribution is -0.141. The molecule has 3 rings (SSSR count). The van der Waals surface area contributed by atoms with E-state index in [0.717, 1.165) is 16.6 Å². The highest BCUT2D eigenvalue weighted by molar-refractivity contribution is 5.84. The van der Waals surface area contributed by atoms with Crippen molar-refractivity contribution < 1.29 is 14.7 Å². The number of aromatic nitrogens is 2. The number of fused-ring (bicyclic) bond motifs is 1. The number of nitrogens with one attached hydrogen (secondary N) is 2. The first-order valence-corrected chi connectivity index (χ1v) is 8.11. The molecule has 3 N–H and O–H groups in total. The van der Waals surface area contributed by atoms with Crippen LogP contribution < -0.4 is 5.32 Å². The monoisotopic (exact) mass is 337 g/mol. The molecule has 1 heterocycles. The number of carboxylic acid groups (broad SMARTS) is 1. The quantitative estimate of drug-likeness (QED) is 0.616. The Morgan fingerprint density at radius 2 is 1.80 bits per heavy atom. The van der Waals surface area contributed by atoms with Crippen LogP contribution in [-0.2, 0) is 22.4 Å². The van der Waals surface area contributed by atoms with Crippen LogP contribution in [0.4, 0.5) is 0 Å². The number of aryl methyl sites for hydroxylation is 1. The Kier molecular flexibility index (Phi) is 5.09. The number of hydrogen-bond acceptors (Lipinski definition) is 3. The van der Waals surface area contributed by atoms with Gasteiger partial charge in [0.05, 0.1) is 11.0 Å². The number of para-hydroxylation sites is 2. The molecule has 0 saturated heterocycles. The molecule has 1 aromatic heterocycles. The Morgan fingerprint density at radius 1 is 1.08 bits per heavy atom. The van der Waals surface area contributed by atoms with Crippen LogP contribution in [0.5, 0.6) is 0 Å². The molecular formula is C19H19N3O3. The number of aliphatic carboxylic acids is 1. The molecule has 6 heteroatoms.